The summed E-state index contributed by atoms with van der Waals surface area (Å²) in [6.45, 7) is 17.6. The summed E-state index contributed by atoms with van der Waals surface area (Å²) in [5, 5.41) is 18.2. The van der Waals surface area contributed by atoms with E-state index in [1.165, 1.54) is 231 Å². The van der Waals surface area contributed by atoms with E-state index in [2.05, 4.69) is 61.9 Å². The average molecular weight is 1650 g/mol. The average Bonchev–Trinajstić information content (AvgIpc) is 1.53. The molecular formula is C104H150N4O12. The zero-order chi connectivity index (χ0) is 84.3. The molecule has 0 amide bonds. The SMILES string of the molecule is CCCCCCCCCCOc1cc(-c2nnc(-c3ccc(COc4ccc(C(=O)C(=O)c5ccc(OCc6ccc(-c7nnc(-c8cc(OCCCCCCCCCC)c(OCCCCCCCCCC)c(OCCCCCCCCCC)c8)o7)cc6)cc5)cc4)cc3)o2)cc(OCCCCCCCCCC)c1OCCCCCCCCCC. The van der Waals surface area contributed by atoms with Gasteiger partial charge in [0.25, 0.3) is 0 Å². The summed E-state index contributed by atoms with van der Waals surface area (Å²) >= 11 is 0. The molecule has 0 bridgehead atoms. The van der Waals surface area contributed by atoms with Crippen LogP contribution in [0.3, 0.4) is 0 Å². The van der Waals surface area contributed by atoms with Gasteiger partial charge in [-0.1, -0.05) is 335 Å². The molecule has 658 valence electrons. The Balaban J connectivity index is 0.840. The first kappa shape index (κ1) is 96.8. The Morgan fingerprint density at radius 1 is 0.233 bits per heavy atom. The maximum atomic E-state index is 13.6. The molecule has 0 saturated heterocycles. The summed E-state index contributed by atoms with van der Waals surface area (Å²) in [6, 6.07) is 36.8. The van der Waals surface area contributed by atoms with Crippen molar-refractivity contribution in [2.24, 2.45) is 0 Å². The fraction of sp³-hybridized carbons (Fsp3) is 0.596. The molecule has 0 aliphatic rings. The fourth-order valence-corrected chi connectivity index (χ4v) is 15.0. The van der Waals surface area contributed by atoms with E-state index < -0.39 is 11.6 Å². The van der Waals surface area contributed by atoms with E-state index >= 15 is 0 Å². The molecule has 16 heteroatoms. The quantitative estimate of drug-likeness (QED) is 0.0199. The molecule has 6 aromatic carbocycles. The Labute approximate surface area is 722 Å². The molecular weight excluding hydrogens is 1500 g/mol. The van der Waals surface area contributed by atoms with Crippen molar-refractivity contribution in [2.75, 3.05) is 39.6 Å². The zero-order valence-corrected chi connectivity index (χ0v) is 74.8. The molecule has 120 heavy (non-hydrogen) atoms. The van der Waals surface area contributed by atoms with Gasteiger partial charge < -0.3 is 46.7 Å². The second-order valence-electron chi connectivity index (χ2n) is 33.0. The number of hydrogen-bond acceptors (Lipinski definition) is 16. The van der Waals surface area contributed by atoms with Crippen LogP contribution in [0.4, 0.5) is 0 Å². The van der Waals surface area contributed by atoms with Crippen molar-refractivity contribution in [1.82, 2.24) is 20.4 Å². The second kappa shape index (κ2) is 60.8. The minimum Gasteiger partial charge on any atom is -0.490 e. The predicted molar refractivity (Wildman–Crippen MR) is 489 cm³/mol. The lowest BCUT2D eigenvalue weighted by molar-refractivity contribution is 0.0817. The van der Waals surface area contributed by atoms with Crippen molar-refractivity contribution >= 4 is 11.6 Å². The molecule has 2 heterocycles. The fourth-order valence-electron chi connectivity index (χ4n) is 15.0. The first-order valence-electron chi connectivity index (χ1n) is 47.8. The van der Waals surface area contributed by atoms with Crippen LogP contribution in [0, 0.1) is 0 Å². The molecule has 16 nitrogen and oxygen atoms in total. The molecule has 0 spiro atoms. The van der Waals surface area contributed by atoms with Gasteiger partial charge in [-0.2, -0.15) is 0 Å². The van der Waals surface area contributed by atoms with Crippen molar-refractivity contribution in [1.29, 1.82) is 0 Å². The predicted octanol–water partition coefficient (Wildman–Crippen LogP) is 30.5. The number of Topliss-reactive ketones (excluding diaryl/α,β-unsaturated/α-hetero) is 2. The third-order valence-electron chi connectivity index (χ3n) is 22.5. The second-order valence-corrected chi connectivity index (χ2v) is 33.0. The third-order valence-corrected chi connectivity index (χ3v) is 22.5. The molecule has 8 aromatic rings. The minimum atomic E-state index is -0.622. The summed E-state index contributed by atoms with van der Waals surface area (Å²) in [7, 11) is 0. The number of aromatic nitrogens is 4. The highest BCUT2D eigenvalue weighted by molar-refractivity contribution is 6.49. The number of hydrogen-bond donors (Lipinski definition) is 0. The number of carbonyl (C=O) groups is 2. The number of benzene rings is 6. The van der Waals surface area contributed by atoms with Gasteiger partial charge in [-0.3, -0.25) is 9.59 Å². The Kier molecular flexibility index (Phi) is 49.0. The van der Waals surface area contributed by atoms with Crippen LogP contribution in [0.2, 0.25) is 0 Å². The molecule has 0 atom stereocenters. The monoisotopic (exact) mass is 1650 g/mol. The molecule has 0 fully saturated rings. The molecule has 2 aromatic heterocycles. The Morgan fingerprint density at radius 2 is 0.442 bits per heavy atom. The largest absolute Gasteiger partial charge is 0.490 e. The van der Waals surface area contributed by atoms with E-state index in [1.807, 2.05) is 72.8 Å². The van der Waals surface area contributed by atoms with Gasteiger partial charge in [-0.15, -0.1) is 20.4 Å². The van der Waals surface area contributed by atoms with E-state index in [0.717, 1.165) is 99.3 Å². The van der Waals surface area contributed by atoms with Crippen molar-refractivity contribution in [3.05, 3.63) is 144 Å². The first-order valence-corrected chi connectivity index (χ1v) is 47.8. The van der Waals surface area contributed by atoms with Crippen LogP contribution in [0.5, 0.6) is 46.0 Å². The van der Waals surface area contributed by atoms with Gasteiger partial charge >= 0.3 is 0 Å². The number of nitrogens with zero attached hydrogens (tertiary/aromatic N) is 4. The van der Waals surface area contributed by atoms with Crippen molar-refractivity contribution in [3.8, 4) is 91.8 Å². The summed E-state index contributed by atoms with van der Waals surface area (Å²) in [4.78, 5) is 27.2. The highest BCUT2D eigenvalue weighted by atomic mass is 16.6. The zero-order valence-electron chi connectivity index (χ0n) is 74.8. The highest BCUT2D eigenvalue weighted by Gasteiger charge is 2.24. The maximum Gasteiger partial charge on any atom is 0.248 e. The van der Waals surface area contributed by atoms with Gasteiger partial charge in [0.05, 0.1) is 39.6 Å². The smallest absolute Gasteiger partial charge is 0.248 e. The van der Waals surface area contributed by atoms with Crippen LogP contribution >= 0.6 is 0 Å². The van der Waals surface area contributed by atoms with Crippen LogP contribution in [0.25, 0.3) is 45.8 Å². The minimum absolute atomic E-state index is 0.259. The Bertz CT molecular complexity index is 3640. The van der Waals surface area contributed by atoms with Gasteiger partial charge in [0.15, 0.2) is 23.0 Å². The van der Waals surface area contributed by atoms with E-state index in [9.17, 15) is 9.59 Å². The highest BCUT2D eigenvalue weighted by Crippen LogP contribution is 2.45. The number of unbranched alkanes of at least 4 members (excludes halogenated alkanes) is 42. The first-order chi connectivity index (χ1) is 59.2. The lowest BCUT2D eigenvalue weighted by Crippen LogP contribution is -2.14. The van der Waals surface area contributed by atoms with Gasteiger partial charge in [0.1, 0.15) is 24.7 Å². The van der Waals surface area contributed by atoms with Gasteiger partial charge in [-0.25, -0.2) is 0 Å². The molecule has 0 aliphatic carbocycles. The van der Waals surface area contributed by atoms with E-state index in [4.69, 9.17) is 46.7 Å². The topological polar surface area (TPSA) is 186 Å². The van der Waals surface area contributed by atoms with E-state index in [1.54, 1.807) is 48.5 Å². The summed E-state index contributed by atoms with van der Waals surface area (Å²) < 4.78 is 65.1. The van der Waals surface area contributed by atoms with Crippen LogP contribution in [-0.4, -0.2) is 71.6 Å². The van der Waals surface area contributed by atoms with Crippen LogP contribution < -0.4 is 37.9 Å². The summed E-state index contributed by atoms with van der Waals surface area (Å²) in [5.41, 5.74) is 5.28. The Hall–Kier alpha value is -8.66. The molecule has 0 radical (unpaired) electrons. The van der Waals surface area contributed by atoms with Crippen LogP contribution in [0.1, 0.15) is 382 Å². The molecule has 0 N–H and O–H groups in total. The maximum absolute atomic E-state index is 13.6. The molecule has 0 unspecified atom stereocenters. The van der Waals surface area contributed by atoms with Crippen molar-refractivity contribution in [2.45, 2.75) is 363 Å². The summed E-state index contributed by atoms with van der Waals surface area (Å²) in [5.74, 6) is 5.22. The normalized spacial score (nSPS) is 11.3. The molecule has 0 aliphatic heterocycles. The number of ether oxygens (including phenoxy) is 8. The van der Waals surface area contributed by atoms with Gasteiger partial charge in [-0.05, 0) is 147 Å². The molecule has 0 saturated carbocycles. The van der Waals surface area contributed by atoms with Crippen LogP contribution in [-0.2, 0) is 13.2 Å². The summed E-state index contributed by atoms with van der Waals surface area (Å²) in [6.07, 6.45) is 58.3. The van der Waals surface area contributed by atoms with Gasteiger partial charge in [0.2, 0.25) is 46.6 Å². The number of ketones is 2. The van der Waals surface area contributed by atoms with E-state index in [-0.39, 0.29) is 24.3 Å². The lowest BCUT2D eigenvalue weighted by atomic mass is 10.0. The van der Waals surface area contributed by atoms with E-state index in [0.29, 0.717) is 120 Å². The number of carbonyl (C=O) groups excluding carboxylic acids is 2. The van der Waals surface area contributed by atoms with Crippen molar-refractivity contribution in [3.63, 3.8) is 0 Å². The standard InChI is InChI=1S/C104H150N4O12/c1-7-13-19-25-31-37-43-49-71-111-93-77-89(78-94(112-72-50-44-38-32-26-20-14-8-2)99(93)115-75-53-47-41-35-29-23-17-11-5)103-107-105-101(119-103)87-59-55-83(56-60-87)81-117-91-67-63-85(64-68-91)97(109)98(110)86-65-69-92(70-66-86)118-82-84-57-61-88(62-58-84)102-106-108-104(120-102)90-79-95(113-73-51-45-39-33-27-21-15-9-3)100(116-76-54-48-42-36-30-24-18-12-6)96(80-90)114-74-52-46-40-34-28-22-16-10-4/h55-70,77-80H,7-54,71-76,81-82H2,1-6H3. The van der Waals surface area contributed by atoms with Crippen molar-refractivity contribution < 1.29 is 56.3 Å². The Morgan fingerprint density at radius 3 is 0.675 bits per heavy atom. The van der Waals surface area contributed by atoms with Crippen LogP contribution in [0.15, 0.2) is 130 Å². The number of rotatable bonds is 73. The molecule has 8 rings (SSSR count). The lowest BCUT2D eigenvalue weighted by Gasteiger charge is -2.18. The van der Waals surface area contributed by atoms with Gasteiger partial charge in [0, 0.05) is 33.4 Å². The third kappa shape index (κ3) is 37.4.